The summed E-state index contributed by atoms with van der Waals surface area (Å²) >= 11 is 0. The molecule has 2 nitrogen and oxygen atoms in total. The standard InChI is InChI=1S/C36H23BO2/c1-4-11-24(12-5-1)27-19-21-32-31(23-27)37-30-18-10-17-28(25-13-6-2-7-14-25)35(30)39-33-22-20-29(36(38-32)34(33)37)26-15-8-3-9-16-26/h1-23H. The quantitative estimate of drug-likeness (QED) is 0.236. The number of benzene rings is 6. The number of fused-ring (bicyclic) bond motifs is 4. The summed E-state index contributed by atoms with van der Waals surface area (Å²) in [7, 11) is 0. The second kappa shape index (κ2) is 8.78. The van der Waals surface area contributed by atoms with Crippen molar-refractivity contribution in [2.75, 3.05) is 0 Å². The van der Waals surface area contributed by atoms with Gasteiger partial charge in [-0.1, -0.05) is 121 Å². The summed E-state index contributed by atoms with van der Waals surface area (Å²) in [4.78, 5) is 0. The second-order valence-corrected chi connectivity index (χ2v) is 10.1. The Balaban J connectivity index is 1.40. The maximum absolute atomic E-state index is 6.75. The van der Waals surface area contributed by atoms with E-state index in [1.54, 1.807) is 0 Å². The van der Waals surface area contributed by atoms with Crippen molar-refractivity contribution in [1.29, 1.82) is 0 Å². The van der Waals surface area contributed by atoms with Crippen LogP contribution in [-0.2, 0) is 0 Å². The van der Waals surface area contributed by atoms with Crippen LogP contribution in [0.5, 0.6) is 23.0 Å². The van der Waals surface area contributed by atoms with E-state index in [2.05, 4.69) is 127 Å². The molecule has 6 aromatic rings. The Hall–Kier alpha value is -5.02. The van der Waals surface area contributed by atoms with E-state index in [1.807, 2.05) is 12.1 Å². The predicted octanol–water partition coefficient (Wildman–Crippen LogP) is 7.42. The van der Waals surface area contributed by atoms with Crippen molar-refractivity contribution >= 4 is 23.1 Å². The van der Waals surface area contributed by atoms with Crippen LogP contribution in [0.4, 0.5) is 0 Å². The molecule has 2 aliphatic heterocycles. The first-order chi connectivity index (χ1) is 19.3. The summed E-state index contributed by atoms with van der Waals surface area (Å²) in [6, 6.07) is 48.8. The fourth-order valence-corrected chi connectivity index (χ4v) is 6.02. The van der Waals surface area contributed by atoms with Crippen molar-refractivity contribution in [3.8, 4) is 56.4 Å². The van der Waals surface area contributed by atoms with Gasteiger partial charge in [0.15, 0.2) is 0 Å². The molecule has 0 aromatic heterocycles. The van der Waals surface area contributed by atoms with Crippen LogP contribution in [-0.4, -0.2) is 6.71 Å². The molecule has 0 aliphatic carbocycles. The van der Waals surface area contributed by atoms with Gasteiger partial charge in [0.25, 0.3) is 6.71 Å². The van der Waals surface area contributed by atoms with E-state index < -0.39 is 0 Å². The Kier molecular flexibility index (Phi) is 4.96. The average Bonchev–Trinajstić information content (AvgIpc) is 3.02. The molecule has 0 saturated heterocycles. The highest BCUT2D eigenvalue weighted by molar-refractivity contribution is 6.98. The topological polar surface area (TPSA) is 18.5 Å². The fourth-order valence-electron chi connectivity index (χ4n) is 6.02. The van der Waals surface area contributed by atoms with Gasteiger partial charge in [-0.15, -0.1) is 0 Å². The number of rotatable bonds is 3. The predicted molar refractivity (Wildman–Crippen MR) is 160 cm³/mol. The third kappa shape index (κ3) is 3.51. The van der Waals surface area contributed by atoms with E-state index in [0.717, 1.165) is 61.6 Å². The molecule has 0 radical (unpaired) electrons. The monoisotopic (exact) mass is 498 g/mol. The van der Waals surface area contributed by atoms with Gasteiger partial charge >= 0.3 is 0 Å². The van der Waals surface area contributed by atoms with E-state index in [9.17, 15) is 0 Å². The Bertz CT molecular complexity index is 1850. The van der Waals surface area contributed by atoms with Crippen LogP contribution in [0.15, 0.2) is 140 Å². The zero-order chi connectivity index (χ0) is 25.8. The van der Waals surface area contributed by atoms with Gasteiger partial charge in [0.1, 0.15) is 23.0 Å². The lowest BCUT2D eigenvalue weighted by Gasteiger charge is -2.35. The average molecular weight is 498 g/mol. The number of para-hydroxylation sites is 1. The number of hydrogen-bond donors (Lipinski definition) is 0. The highest BCUT2D eigenvalue weighted by Crippen LogP contribution is 2.43. The van der Waals surface area contributed by atoms with Crippen molar-refractivity contribution in [3.05, 3.63) is 140 Å². The van der Waals surface area contributed by atoms with Gasteiger partial charge in [0, 0.05) is 16.6 Å². The Morgan fingerprint density at radius 1 is 0.385 bits per heavy atom. The molecular weight excluding hydrogens is 475 g/mol. The fraction of sp³-hybridized carbons (Fsp3) is 0. The number of hydrogen-bond acceptors (Lipinski definition) is 2. The normalized spacial score (nSPS) is 12.5. The molecule has 2 heterocycles. The molecule has 6 aromatic carbocycles. The maximum atomic E-state index is 6.75. The maximum Gasteiger partial charge on any atom is 0.260 e. The summed E-state index contributed by atoms with van der Waals surface area (Å²) in [6.07, 6.45) is 0. The summed E-state index contributed by atoms with van der Waals surface area (Å²) < 4.78 is 13.5. The molecule has 0 spiro atoms. The highest BCUT2D eigenvalue weighted by Gasteiger charge is 2.42. The molecule has 2 aliphatic rings. The van der Waals surface area contributed by atoms with Crippen molar-refractivity contribution < 1.29 is 9.47 Å². The molecule has 8 rings (SSSR count). The molecule has 0 bridgehead atoms. The summed E-state index contributed by atoms with van der Waals surface area (Å²) in [5, 5.41) is 0. The SMILES string of the molecule is c1ccc(-c2ccc3c(c2)B2c4cccc(-c5ccccc5)c4Oc4ccc(-c5ccccc5)c(c42)O3)cc1. The molecule has 0 N–H and O–H groups in total. The third-order valence-corrected chi connectivity index (χ3v) is 7.82. The van der Waals surface area contributed by atoms with Crippen LogP contribution in [0, 0.1) is 0 Å². The Labute approximate surface area is 228 Å². The molecule has 0 saturated carbocycles. The molecule has 0 amide bonds. The zero-order valence-corrected chi connectivity index (χ0v) is 21.2. The third-order valence-electron chi connectivity index (χ3n) is 7.82. The van der Waals surface area contributed by atoms with Crippen molar-refractivity contribution in [2.24, 2.45) is 0 Å². The van der Waals surface area contributed by atoms with E-state index >= 15 is 0 Å². The first-order valence-electron chi connectivity index (χ1n) is 13.3. The van der Waals surface area contributed by atoms with E-state index in [1.165, 1.54) is 11.1 Å². The molecular formula is C36H23BO2. The van der Waals surface area contributed by atoms with Crippen LogP contribution in [0.25, 0.3) is 33.4 Å². The van der Waals surface area contributed by atoms with Gasteiger partial charge in [0.05, 0.1) is 0 Å². The van der Waals surface area contributed by atoms with E-state index in [0.29, 0.717) is 0 Å². The van der Waals surface area contributed by atoms with Crippen LogP contribution in [0.3, 0.4) is 0 Å². The van der Waals surface area contributed by atoms with Crippen molar-refractivity contribution in [3.63, 3.8) is 0 Å². The molecule has 39 heavy (non-hydrogen) atoms. The summed E-state index contributed by atoms with van der Waals surface area (Å²) in [5.74, 6) is 3.53. The lowest BCUT2D eigenvalue weighted by atomic mass is 9.34. The lowest BCUT2D eigenvalue weighted by molar-refractivity contribution is 0.466. The summed E-state index contributed by atoms with van der Waals surface area (Å²) in [5.41, 5.74) is 10.2. The minimum atomic E-state index is -0.0153. The number of ether oxygens (including phenoxy) is 2. The van der Waals surface area contributed by atoms with E-state index in [-0.39, 0.29) is 6.71 Å². The van der Waals surface area contributed by atoms with Crippen LogP contribution < -0.4 is 25.9 Å². The largest absolute Gasteiger partial charge is 0.458 e. The molecule has 0 fully saturated rings. The minimum Gasteiger partial charge on any atom is -0.458 e. The van der Waals surface area contributed by atoms with Gasteiger partial charge < -0.3 is 9.47 Å². The van der Waals surface area contributed by atoms with Crippen molar-refractivity contribution in [2.45, 2.75) is 0 Å². The van der Waals surface area contributed by atoms with E-state index in [4.69, 9.17) is 9.47 Å². The van der Waals surface area contributed by atoms with Gasteiger partial charge in [-0.25, -0.2) is 0 Å². The second-order valence-electron chi connectivity index (χ2n) is 10.1. The van der Waals surface area contributed by atoms with Gasteiger partial charge in [-0.2, -0.15) is 0 Å². The van der Waals surface area contributed by atoms with Gasteiger partial charge in [0.2, 0.25) is 0 Å². The highest BCUT2D eigenvalue weighted by atomic mass is 16.5. The van der Waals surface area contributed by atoms with Crippen LogP contribution in [0.2, 0.25) is 0 Å². The van der Waals surface area contributed by atoms with Gasteiger partial charge in [-0.3, -0.25) is 0 Å². The van der Waals surface area contributed by atoms with Crippen LogP contribution in [0.1, 0.15) is 0 Å². The zero-order valence-electron chi connectivity index (χ0n) is 21.2. The van der Waals surface area contributed by atoms with Crippen molar-refractivity contribution in [1.82, 2.24) is 0 Å². The van der Waals surface area contributed by atoms with Crippen LogP contribution >= 0.6 is 0 Å². The van der Waals surface area contributed by atoms with Gasteiger partial charge in [-0.05, 0) is 51.4 Å². The molecule has 0 unspecified atom stereocenters. The molecule has 0 atom stereocenters. The first-order valence-corrected chi connectivity index (χ1v) is 13.3. The molecule has 3 heteroatoms. The lowest BCUT2D eigenvalue weighted by Crippen LogP contribution is -2.57. The first kappa shape index (κ1) is 22.0. The Morgan fingerprint density at radius 2 is 0.974 bits per heavy atom. The Morgan fingerprint density at radius 3 is 1.67 bits per heavy atom. The smallest absolute Gasteiger partial charge is 0.260 e. The summed E-state index contributed by atoms with van der Waals surface area (Å²) in [6.45, 7) is -0.0153. The minimum absolute atomic E-state index is 0.0153. The molecule has 182 valence electrons.